The second kappa shape index (κ2) is 8.40. The average Bonchev–Trinajstić information content (AvgIpc) is 2.47. The fourth-order valence-electron chi connectivity index (χ4n) is 1.55. The molecule has 0 saturated heterocycles. The van der Waals surface area contributed by atoms with Crippen LogP contribution in [0.1, 0.15) is 5.56 Å². The van der Waals surface area contributed by atoms with Gasteiger partial charge >= 0.3 is 0 Å². The summed E-state index contributed by atoms with van der Waals surface area (Å²) in [6.07, 6.45) is 4.88. The van der Waals surface area contributed by atoms with E-state index >= 15 is 0 Å². The standard InChI is InChI=1S/C14H11Br3N4O/c15-10-5-11(16)14(12(17)6-10)19-8-13(22)21-20-7-9-1-3-18-4-2-9/h1-7,19H,8H2,(H,21,22)/b20-7-. The summed E-state index contributed by atoms with van der Waals surface area (Å²) in [6, 6.07) is 7.38. The Morgan fingerprint density at radius 1 is 1.18 bits per heavy atom. The van der Waals surface area contributed by atoms with Crippen LogP contribution in [0.5, 0.6) is 0 Å². The van der Waals surface area contributed by atoms with Crippen LogP contribution in [0.3, 0.4) is 0 Å². The van der Waals surface area contributed by atoms with Crippen LogP contribution in [0.15, 0.2) is 55.2 Å². The van der Waals surface area contributed by atoms with E-state index in [0.29, 0.717) is 0 Å². The van der Waals surface area contributed by atoms with Gasteiger partial charge in [-0.3, -0.25) is 9.78 Å². The lowest BCUT2D eigenvalue weighted by Crippen LogP contribution is -2.26. The molecule has 2 rings (SSSR count). The number of carbonyl (C=O) groups is 1. The number of hydrogen-bond donors (Lipinski definition) is 2. The molecule has 0 aliphatic rings. The molecule has 5 nitrogen and oxygen atoms in total. The first-order chi connectivity index (χ1) is 10.6. The Bertz CT molecular complexity index is 669. The van der Waals surface area contributed by atoms with Crippen molar-refractivity contribution in [2.75, 3.05) is 11.9 Å². The third kappa shape index (κ3) is 5.19. The van der Waals surface area contributed by atoms with Crippen molar-refractivity contribution < 1.29 is 4.79 Å². The number of pyridine rings is 1. The van der Waals surface area contributed by atoms with Gasteiger partial charge in [-0.15, -0.1) is 0 Å². The molecular weight excluding hydrogens is 480 g/mol. The van der Waals surface area contributed by atoms with Crippen LogP contribution in [0.25, 0.3) is 0 Å². The lowest BCUT2D eigenvalue weighted by molar-refractivity contribution is -0.119. The Hall–Kier alpha value is -1.25. The number of amides is 1. The number of anilines is 1. The van der Waals surface area contributed by atoms with Gasteiger partial charge in [0.1, 0.15) is 0 Å². The first-order valence-electron chi connectivity index (χ1n) is 6.16. The molecule has 0 bridgehead atoms. The van der Waals surface area contributed by atoms with E-state index in [1.54, 1.807) is 30.7 Å². The zero-order valence-corrected chi connectivity index (χ0v) is 15.9. The van der Waals surface area contributed by atoms with Gasteiger partial charge in [0.05, 0.1) is 18.4 Å². The lowest BCUT2D eigenvalue weighted by Gasteiger charge is -2.10. The number of halogens is 3. The summed E-state index contributed by atoms with van der Waals surface area (Å²) in [6.45, 7) is 0.104. The Balaban J connectivity index is 1.87. The number of carbonyl (C=O) groups excluding carboxylic acids is 1. The fraction of sp³-hybridized carbons (Fsp3) is 0.0714. The maximum atomic E-state index is 11.8. The van der Waals surface area contributed by atoms with Crippen LogP contribution in [-0.2, 0) is 4.79 Å². The van der Waals surface area contributed by atoms with Crippen molar-refractivity contribution in [1.29, 1.82) is 0 Å². The fourth-order valence-corrected chi connectivity index (χ4v) is 4.09. The van der Waals surface area contributed by atoms with Crippen molar-refractivity contribution >= 4 is 65.6 Å². The predicted molar refractivity (Wildman–Crippen MR) is 98.0 cm³/mol. The number of hydrazone groups is 1. The lowest BCUT2D eigenvalue weighted by atomic mass is 10.3. The maximum Gasteiger partial charge on any atom is 0.259 e. The van der Waals surface area contributed by atoms with Crippen LogP contribution in [-0.4, -0.2) is 23.7 Å². The van der Waals surface area contributed by atoms with Crippen molar-refractivity contribution in [3.63, 3.8) is 0 Å². The van der Waals surface area contributed by atoms with Gasteiger partial charge in [-0.2, -0.15) is 5.10 Å². The van der Waals surface area contributed by atoms with Gasteiger partial charge < -0.3 is 5.32 Å². The van der Waals surface area contributed by atoms with Gasteiger partial charge in [-0.25, -0.2) is 5.43 Å². The van der Waals surface area contributed by atoms with Gasteiger partial charge in [-0.1, -0.05) is 15.9 Å². The first-order valence-corrected chi connectivity index (χ1v) is 8.54. The monoisotopic (exact) mass is 488 g/mol. The smallest absolute Gasteiger partial charge is 0.259 e. The van der Waals surface area contributed by atoms with Crippen molar-refractivity contribution in [2.45, 2.75) is 0 Å². The van der Waals surface area contributed by atoms with E-state index < -0.39 is 0 Å². The summed E-state index contributed by atoms with van der Waals surface area (Å²) in [5.74, 6) is -0.243. The molecular formula is C14H11Br3N4O. The van der Waals surface area contributed by atoms with Gasteiger partial charge in [0.25, 0.3) is 5.91 Å². The molecule has 22 heavy (non-hydrogen) atoms. The third-order valence-electron chi connectivity index (χ3n) is 2.54. The minimum absolute atomic E-state index is 0.104. The molecule has 0 aliphatic carbocycles. The Morgan fingerprint density at radius 2 is 1.82 bits per heavy atom. The molecule has 1 aromatic carbocycles. The minimum Gasteiger partial charge on any atom is -0.374 e. The molecule has 0 saturated carbocycles. The van der Waals surface area contributed by atoms with Gasteiger partial charge in [0.15, 0.2) is 0 Å². The largest absolute Gasteiger partial charge is 0.374 e. The first kappa shape index (κ1) is 17.1. The molecule has 8 heteroatoms. The number of benzene rings is 1. The van der Waals surface area contributed by atoms with Crippen molar-refractivity contribution in [2.24, 2.45) is 5.10 Å². The summed E-state index contributed by atoms with van der Waals surface area (Å²) < 4.78 is 2.63. The molecule has 0 fully saturated rings. The Morgan fingerprint density at radius 3 is 2.45 bits per heavy atom. The van der Waals surface area contributed by atoms with E-state index in [1.165, 1.54) is 0 Å². The number of rotatable bonds is 5. The van der Waals surface area contributed by atoms with E-state index in [2.05, 4.69) is 68.6 Å². The van der Waals surface area contributed by atoms with Gasteiger partial charge in [0, 0.05) is 25.8 Å². The minimum atomic E-state index is -0.243. The molecule has 0 radical (unpaired) electrons. The number of hydrogen-bond acceptors (Lipinski definition) is 4. The summed E-state index contributed by atoms with van der Waals surface area (Å²) in [5, 5.41) is 6.94. The van der Waals surface area contributed by atoms with Crippen molar-refractivity contribution in [3.8, 4) is 0 Å². The molecule has 114 valence electrons. The Labute approximate surface area is 153 Å². The molecule has 0 aliphatic heterocycles. The third-order valence-corrected chi connectivity index (χ3v) is 4.25. The van der Waals surface area contributed by atoms with Gasteiger partial charge in [0.2, 0.25) is 0 Å². The highest BCUT2D eigenvalue weighted by Gasteiger charge is 2.08. The quantitative estimate of drug-likeness (QED) is 0.493. The van der Waals surface area contributed by atoms with Crippen LogP contribution >= 0.6 is 47.8 Å². The second-order valence-electron chi connectivity index (χ2n) is 4.17. The highest BCUT2D eigenvalue weighted by atomic mass is 79.9. The average molecular weight is 491 g/mol. The molecule has 1 heterocycles. The van der Waals surface area contributed by atoms with E-state index in [-0.39, 0.29) is 12.5 Å². The number of aromatic nitrogens is 1. The number of nitrogens with zero attached hydrogens (tertiary/aromatic N) is 2. The summed E-state index contributed by atoms with van der Waals surface area (Å²) in [7, 11) is 0. The molecule has 0 atom stereocenters. The van der Waals surface area contributed by atoms with Crippen LogP contribution in [0, 0.1) is 0 Å². The van der Waals surface area contributed by atoms with Gasteiger partial charge in [-0.05, 0) is 61.7 Å². The summed E-state index contributed by atoms with van der Waals surface area (Å²) >= 11 is 10.3. The molecule has 1 aromatic heterocycles. The van der Waals surface area contributed by atoms with Crippen LogP contribution in [0.4, 0.5) is 5.69 Å². The Kier molecular flexibility index (Phi) is 6.53. The predicted octanol–water partition coefficient (Wildman–Crippen LogP) is 3.93. The second-order valence-corrected chi connectivity index (χ2v) is 6.80. The van der Waals surface area contributed by atoms with E-state index in [9.17, 15) is 4.79 Å². The molecule has 2 N–H and O–H groups in total. The van der Waals surface area contributed by atoms with E-state index in [4.69, 9.17) is 0 Å². The van der Waals surface area contributed by atoms with Crippen molar-refractivity contribution in [3.05, 3.63) is 55.6 Å². The molecule has 0 spiro atoms. The van der Waals surface area contributed by atoms with E-state index in [0.717, 1.165) is 24.7 Å². The molecule has 1 amide bonds. The summed E-state index contributed by atoms with van der Waals surface area (Å²) in [5.41, 5.74) is 4.12. The van der Waals surface area contributed by atoms with Crippen LogP contribution in [0.2, 0.25) is 0 Å². The van der Waals surface area contributed by atoms with Crippen molar-refractivity contribution in [1.82, 2.24) is 10.4 Å². The molecule has 0 unspecified atom stereocenters. The number of nitrogens with one attached hydrogen (secondary N) is 2. The van der Waals surface area contributed by atoms with Crippen LogP contribution < -0.4 is 10.7 Å². The zero-order chi connectivity index (χ0) is 15.9. The van der Waals surface area contributed by atoms with E-state index in [1.807, 2.05) is 12.1 Å². The highest BCUT2D eigenvalue weighted by molar-refractivity contribution is 9.11. The maximum absolute atomic E-state index is 11.8. The highest BCUT2D eigenvalue weighted by Crippen LogP contribution is 2.34. The SMILES string of the molecule is O=C(CNc1c(Br)cc(Br)cc1Br)N/N=C\c1ccncc1. The summed E-state index contributed by atoms with van der Waals surface area (Å²) in [4.78, 5) is 15.7. The zero-order valence-electron chi connectivity index (χ0n) is 11.2. The molecule has 2 aromatic rings. The normalized spacial score (nSPS) is 10.7. The topological polar surface area (TPSA) is 66.4 Å².